The standard InChI is InChI=1S/C14H30O2/c1-14(2,3)16-13-11-9-7-5-4-6-8-10-12-15/h15H,4-13H2,1-3H3. The quantitative estimate of drug-likeness (QED) is 0.576. The number of aliphatic hydroxyl groups is 1. The van der Waals surface area contributed by atoms with Crippen molar-refractivity contribution in [3.05, 3.63) is 0 Å². The highest BCUT2D eigenvalue weighted by Crippen LogP contribution is 2.11. The van der Waals surface area contributed by atoms with Crippen LogP contribution in [0.2, 0.25) is 0 Å². The summed E-state index contributed by atoms with van der Waals surface area (Å²) in [6, 6.07) is 0. The fourth-order valence-corrected chi connectivity index (χ4v) is 1.65. The lowest BCUT2D eigenvalue weighted by Gasteiger charge is -2.19. The molecule has 0 aliphatic heterocycles. The Kier molecular flexibility index (Phi) is 10.0. The van der Waals surface area contributed by atoms with Crippen LogP contribution < -0.4 is 0 Å². The van der Waals surface area contributed by atoms with E-state index < -0.39 is 0 Å². The second kappa shape index (κ2) is 10.1. The van der Waals surface area contributed by atoms with Crippen molar-refractivity contribution in [2.45, 2.75) is 77.7 Å². The fourth-order valence-electron chi connectivity index (χ4n) is 1.65. The second-order valence-electron chi connectivity index (χ2n) is 5.51. The lowest BCUT2D eigenvalue weighted by Crippen LogP contribution is -2.19. The lowest BCUT2D eigenvalue weighted by molar-refractivity contribution is -0.00475. The molecule has 0 rings (SSSR count). The third-order valence-electron chi connectivity index (χ3n) is 2.59. The van der Waals surface area contributed by atoms with Gasteiger partial charge in [0.15, 0.2) is 0 Å². The fraction of sp³-hybridized carbons (Fsp3) is 1.00. The highest BCUT2D eigenvalue weighted by atomic mass is 16.5. The summed E-state index contributed by atoms with van der Waals surface area (Å²) in [5.41, 5.74) is 0.0181. The minimum absolute atomic E-state index is 0.0181. The van der Waals surface area contributed by atoms with E-state index in [1.807, 2.05) is 0 Å². The summed E-state index contributed by atoms with van der Waals surface area (Å²) < 4.78 is 5.66. The van der Waals surface area contributed by atoms with Gasteiger partial charge in [-0.25, -0.2) is 0 Å². The zero-order chi connectivity index (χ0) is 12.3. The molecule has 0 saturated carbocycles. The van der Waals surface area contributed by atoms with Gasteiger partial charge in [-0.2, -0.15) is 0 Å². The number of unbranched alkanes of at least 4 members (excludes halogenated alkanes) is 7. The Morgan fingerprint density at radius 2 is 1.19 bits per heavy atom. The molecule has 0 spiro atoms. The van der Waals surface area contributed by atoms with E-state index >= 15 is 0 Å². The molecule has 0 heterocycles. The average molecular weight is 230 g/mol. The Balaban J connectivity index is 2.99. The van der Waals surface area contributed by atoms with Crippen LogP contribution in [0.3, 0.4) is 0 Å². The van der Waals surface area contributed by atoms with E-state index in [9.17, 15) is 0 Å². The van der Waals surface area contributed by atoms with Crippen molar-refractivity contribution >= 4 is 0 Å². The second-order valence-corrected chi connectivity index (χ2v) is 5.51. The van der Waals surface area contributed by atoms with Crippen molar-refractivity contribution in [2.24, 2.45) is 0 Å². The first-order valence-corrected chi connectivity index (χ1v) is 6.81. The number of hydrogen-bond donors (Lipinski definition) is 1. The average Bonchev–Trinajstić information content (AvgIpc) is 2.19. The van der Waals surface area contributed by atoms with E-state index in [1.165, 1.54) is 44.9 Å². The summed E-state index contributed by atoms with van der Waals surface area (Å²) in [5.74, 6) is 0. The van der Waals surface area contributed by atoms with Crippen LogP contribution in [0.4, 0.5) is 0 Å². The van der Waals surface area contributed by atoms with Gasteiger partial charge in [-0.1, -0.05) is 38.5 Å². The van der Waals surface area contributed by atoms with Crippen LogP contribution in [0.1, 0.15) is 72.1 Å². The smallest absolute Gasteiger partial charge is 0.0598 e. The molecule has 0 aliphatic carbocycles. The first-order valence-electron chi connectivity index (χ1n) is 6.81. The maximum atomic E-state index is 8.62. The van der Waals surface area contributed by atoms with Gasteiger partial charge in [0.05, 0.1) is 5.60 Å². The van der Waals surface area contributed by atoms with E-state index in [-0.39, 0.29) is 5.60 Å². The van der Waals surface area contributed by atoms with E-state index in [0.29, 0.717) is 6.61 Å². The molecular formula is C14H30O2. The first kappa shape index (κ1) is 15.9. The summed E-state index contributed by atoms with van der Waals surface area (Å²) >= 11 is 0. The van der Waals surface area contributed by atoms with Crippen molar-refractivity contribution in [1.82, 2.24) is 0 Å². The minimum atomic E-state index is 0.0181. The minimum Gasteiger partial charge on any atom is -0.396 e. The van der Waals surface area contributed by atoms with Crippen LogP contribution in [0, 0.1) is 0 Å². The van der Waals surface area contributed by atoms with Gasteiger partial charge < -0.3 is 9.84 Å². The first-order chi connectivity index (χ1) is 7.56. The van der Waals surface area contributed by atoms with Crippen LogP contribution >= 0.6 is 0 Å². The number of hydrogen-bond acceptors (Lipinski definition) is 2. The predicted octanol–water partition coefficient (Wildman–Crippen LogP) is 3.91. The van der Waals surface area contributed by atoms with E-state index in [2.05, 4.69) is 20.8 Å². The molecule has 0 aromatic heterocycles. The van der Waals surface area contributed by atoms with Crippen LogP contribution in [-0.2, 0) is 4.74 Å². The maximum absolute atomic E-state index is 8.62. The molecule has 2 nitrogen and oxygen atoms in total. The summed E-state index contributed by atoms with van der Waals surface area (Å²) in [4.78, 5) is 0. The van der Waals surface area contributed by atoms with Crippen molar-refractivity contribution in [3.63, 3.8) is 0 Å². The van der Waals surface area contributed by atoms with Crippen molar-refractivity contribution in [2.75, 3.05) is 13.2 Å². The third kappa shape index (κ3) is 13.9. The zero-order valence-electron chi connectivity index (χ0n) is 11.4. The van der Waals surface area contributed by atoms with Crippen molar-refractivity contribution in [3.8, 4) is 0 Å². The highest BCUT2D eigenvalue weighted by molar-refractivity contribution is 4.58. The Labute approximate surface area is 101 Å². The lowest BCUT2D eigenvalue weighted by atomic mass is 10.1. The van der Waals surface area contributed by atoms with Crippen LogP contribution in [0.15, 0.2) is 0 Å². The molecule has 0 aromatic carbocycles. The van der Waals surface area contributed by atoms with Crippen LogP contribution in [0.25, 0.3) is 0 Å². The zero-order valence-corrected chi connectivity index (χ0v) is 11.4. The Bertz CT molecular complexity index is 138. The van der Waals surface area contributed by atoms with Crippen molar-refractivity contribution < 1.29 is 9.84 Å². The number of rotatable bonds is 10. The Hall–Kier alpha value is -0.0800. The van der Waals surface area contributed by atoms with Crippen LogP contribution in [0.5, 0.6) is 0 Å². The summed E-state index contributed by atoms with van der Waals surface area (Å²) in [5, 5.41) is 8.62. The van der Waals surface area contributed by atoms with Gasteiger partial charge in [0, 0.05) is 13.2 Å². The third-order valence-corrected chi connectivity index (χ3v) is 2.59. The number of ether oxygens (including phenoxy) is 1. The maximum Gasteiger partial charge on any atom is 0.0598 e. The summed E-state index contributed by atoms with van der Waals surface area (Å²) in [7, 11) is 0. The Morgan fingerprint density at radius 3 is 1.62 bits per heavy atom. The van der Waals surface area contributed by atoms with Gasteiger partial charge >= 0.3 is 0 Å². The van der Waals surface area contributed by atoms with Gasteiger partial charge in [0.1, 0.15) is 0 Å². The monoisotopic (exact) mass is 230 g/mol. The molecule has 0 fully saturated rings. The molecule has 0 saturated heterocycles. The molecule has 98 valence electrons. The largest absolute Gasteiger partial charge is 0.396 e. The number of aliphatic hydroxyl groups excluding tert-OH is 1. The molecule has 0 aromatic rings. The van der Waals surface area contributed by atoms with E-state index in [4.69, 9.17) is 9.84 Å². The van der Waals surface area contributed by atoms with Gasteiger partial charge in [0.25, 0.3) is 0 Å². The topological polar surface area (TPSA) is 29.5 Å². The molecule has 0 bridgehead atoms. The van der Waals surface area contributed by atoms with E-state index in [1.54, 1.807) is 0 Å². The molecule has 0 aliphatic rings. The normalized spacial score (nSPS) is 12.0. The van der Waals surface area contributed by atoms with Crippen molar-refractivity contribution in [1.29, 1.82) is 0 Å². The molecule has 2 heteroatoms. The SMILES string of the molecule is CC(C)(C)OCCCCCCCCCCO. The molecular weight excluding hydrogens is 200 g/mol. The van der Waals surface area contributed by atoms with Gasteiger partial charge in [0.2, 0.25) is 0 Å². The molecule has 1 N–H and O–H groups in total. The predicted molar refractivity (Wildman–Crippen MR) is 69.7 cm³/mol. The van der Waals surface area contributed by atoms with Gasteiger partial charge in [-0.05, 0) is 33.6 Å². The highest BCUT2D eigenvalue weighted by Gasteiger charge is 2.08. The molecule has 16 heavy (non-hydrogen) atoms. The van der Waals surface area contributed by atoms with Gasteiger partial charge in [-0.15, -0.1) is 0 Å². The molecule has 0 unspecified atom stereocenters. The van der Waals surface area contributed by atoms with E-state index in [0.717, 1.165) is 13.0 Å². The Morgan fingerprint density at radius 1 is 0.750 bits per heavy atom. The molecule has 0 atom stereocenters. The molecule has 0 amide bonds. The summed E-state index contributed by atoms with van der Waals surface area (Å²) in [6.07, 6.45) is 9.89. The summed E-state index contributed by atoms with van der Waals surface area (Å²) in [6.45, 7) is 7.56. The van der Waals surface area contributed by atoms with Crippen LogP contribution in [-0.4, -0.2) is 23.9 Å². The van der Waals surface area contributed by atoms with Gasteiger partial charge in [-0.3, -0.25) is 0 Å². The molecule has 0 radical (unpaired) electrons.